The molecule has 25 heavy (non-hydrogen) atoms. The summed E-state index contributed by atoms with van der Waals surface area (Å²) in [4.78, 5) is 1.89. The zero-order valence-corrected chi connectivity index (χ0v) is 13.9. The Morgan fingerprint density at radius 1 is 0.920 bits per heavy atom. The summed E-state index contributed by atoms with van der Waals surface area (Å²) in [5.74, 6) is 0. The van der Waals surface area contributed by atoms with Crippen molar-refractivity contribution in [1.82, 2.24) is 4.90 Å². The number of nitrogens with zero attached hydrogens (tertiary/aromatic N) is 1. The predicted molar refractivity (Wildman–Crippen MR) is 86.1 cm³/mol. The van der Waals surface area contributed by atoms with Gasteiger partial charge in [0.2, 0.25) is 0 Å². The van der Waals surface area contributed by atoms with E-state index in [2.05, 4.69) is 4.18 Å². The third kappa shape index (κ3) is 3.86. The Morgan fingerprint density at radius 3 is 1.76 bits per heavy atom. The van der Waals surface area contributed by atoms with Crippen LogP contribution < -0.4 is 0 Å². The molecule has 1 fully saturated rings. The first-order chi connectivity index (χ1) is 11.8. The number of rotatable bonds is 5. The summed E-state index contributed by atoms with van der Waals surface area (Å²) in [7, 11) is -5.56. The van der Waals surface area contributed by atoms with Crippen molar-refractivity contribution in [3.05, 3.63) is 71.8 Å². The van der Waals surface area contributed by atoms with Crippen molar-refractivity contribution in [1.29, 1.82) is 0 Å². The topological polar surface area (TPSA) is 46.6 Å². The molecule has 0 bridgehead atoms. The normalized spacial score (nSPS) is 16.8. The van der Waals surface area contributed by atoms with Crippen LogP contribution in [0.1, 0.15) is 17.2 Å². The predicted octanol–water partition coefficient (Wildman–Crippen LogP) is 3.33. The summed E-state index contributed by atoms with van der Waals surface area (Å²) in [6.07, 6.45) is -0.999. The Kier molecular flexibility index (Phi) is 4.86. The van der Waals surface area contributed by atoms with Crippen molar-refractivity contribution < 1.29 is 25.8 Å². The quantitative estimate of drug-likeness (QED) is 0.598. The standard InChI is InChI=1S/C17H16F3NO3S/c18-17(19,20)25(22,23)24-15-11-21(12-15)16(13-7-3-1-4-8-13)14-9-5-2-6-10-14/h1-10,15-16H,11-12H2. The van der Waals surface area contributed by atoms with Crippen LogP contribution in [0.4, 0.5) is 13.2 Å². The van der Waals surface area contributed by atoms with E-state index in [4.69, 9.17) is 0 Å². The summed E-state index contributed by atoms with van der Waals surface area (Å²) in [5.41, 5.74) is -3.44. The van der Waals surface area contributed by atoms with Gasteiger partial charge in [0.1, 0.15) is 6.10 Å². The molecule has 1 heterocycles. The van der Waals surface area contributed by atoms with E-state index in [-0.39, 0.29) is 19.1 Å². The zero-order chi connectivity index (χ0) is 18.1. The van der Waals surface area contributed by atoms with E-state index < -0.39 is 21.7 Å². The average Bonchev–Trinajstić information content (AvgIpc) is 2.53. The fourth-order valence-corrected chi connectivity index (χ4v) is 3.45. The fourth-order valence-electron chi connectivity index (χ4n) is 2.86. The van der Waals surface area contributed by atoms with Gasteiger partial charge in [0.05, 0.1) is 6.04 Å². The van der Waals surface area contributed by atoms with Gasteiger partial charge in [-0.2, -0.15) is 21.6 Å². The second kappa shape index (κ2) is 6.78. The Morgan fingerprint density at radius 2 is 1.36 bits per heavy atom. The van der Waals surface area contributed by atoms with E-state index in [1.54, 1.807) is 0 Å². The molecule has 0 amide bonds. The van der Waals surface area contributed by atoms with Gasteiger partial charge in [0, 0.05) is 13.1 Å². The van der Waals surface area contributed by atoms with Crippen LogP contribution in [-0.2, 0) is 14.3 Å². The third-order valence-electron chi connectivity index (χ3n) is 4.02. The lowest BCUT2D eigenvalue weighted by Crippen LogP contribution is -2.55. The minimum absolute atomic E-state index is 0.101. The highest BCUT2D eigenvalue weighted by molar-refractivity contribution is 7.87. The van der Waals surface area contributed by atoms with E-state index in [1.807, 2.05) is 65.6 Å². The first-order valence-electron chi connectivity index (χ1n) is 7.61. The van der Waals surface area contributed by atoms with Crippen molar-refractivity contribution in [2.75, 3.05) is 13.1 Å². The smallest absolute Gasteiger partial charge is 0.287 e. The molecule has 0 spiro atoms. The molecule has 1 saturated heterocycles. The summed E-state index contributed by atoms with van der Waals surface area (Å²) >= 11 is 0. The van der Waals surface area contributed by atoms with Crippen LogP contribution in [0.25, 0.3) is 0 Å². The molecule has 0 saturated carbocycles. The number of halogens is 3. The molecule has 0 radical (unpaired) electrons. The maximum absolute atomic E-state index is 12.4. The lowest BCUT2D eigenvalue weighted by atomic mass is 9.94. The Hall–Kier alpha value is -1.90. The van der Waals surface area contributed by atoms with Gasteiger partial charge in [-0.05, 0) is 11.1 Å². The van der Waals surface area contributed by atoms with E-state index >= 15 is 0 Å². The first-order valence-corrected chi connectivity index (χ1v) is 9.02. The van der Waals surface area contributed by atoms with Crippen molar-refractivity contribution >= 4 is 10.1 Å². The molecule has 1 aliphatic heterocycles. The van der Waals surface area contributed by atoms with Crippen LogP contribution in [0.3, 0.4) is 0 Å². The summed E-state index contributed by atoms with van der Waals surface area (Å²) in [6, 6.07) is 18.8. The highest BCUT2D eigenvalue weighted by atomic mass is 32.2. The van der Waals surface area contributed by atoms with Crippen molar-refractivity contribution in [3.63, 3.8) is 0 Å². The van der Waals surface area contributed by atoms with Gasteiger partial charge in [-0.25, -0.2) is 0 Å². The van der Waals surface area contributed by atoms with Crippen molar-refractivity contribution in [2.45, 2.75) is 17.7 Å². The van der Waals surface area contributed by atoms with Crippen molar-refractivity contribution in [2.24, 2.45) is 0 Å². The second-order valence-electron chi connectivity index (χ2n) is 5.80. The average molecular weight is 371 g/mol. The van der Waals surface area contributed by atoms with Gasteiger partial charge in [0.15, 0.2) is 0 Å². The van der Waals surface area contributed by atoms with Crippen LogP contribution in [0.15, 0.2) is 60.7 Å². The van der Waals surface area contributed by atoms with E-state index in [0.29, 0.717) is 0 Å². The first kappa shape index (κ1) is 17.9. The SMILES string of the molecule is O=S(=O)(OC1CN(C(c2ccccc2)c2ccccc2)C1)C(F)(F)F. The molecule has 0 aliphatic carbocycles. The highest BCUT2D eigenvalue weighted by Crippen LogP contribution is 2.35. The van der Waals surface area contributed by atoms with Gasteiger partial charge in [-0.3, -0.25) is 9.08 Å². The second-order valence-corrected chi connectivity index (χ2v) is 7.36. The number of hydrogen-bond acceptors (Lipinski definition) is 4. The molecule has 134 valence electrons. The minimum atomic E-state index is -5.56. The minimum Gasteiger partial charge on any atom is -0.287 e. The molecule has 0 N–H and O–H groups in total. The van der Waals surface area contributed by atoms with Gasteiger partial charge in [0.25, 0.3) is 0 Å². The number of likely N-dealkylation sites (tertiary alicyclic amines) is 1. The lowest BCUT2D eigenvalue weighted by molar-refractivity contribution is -0.0689. The number of alkyl halides is 3. The number of hydrogen-bond donors (Lipinski definition) is 0. The molecular formula is C17H16F3NO3S. The van der Waals surface area contributed by atoms with Crippen LogP contribution >= 0.6 is 0 Å². The molecule has 0 atom stereocenters. The molecule has 2 aromatic carbocycles. The Labute approximate surface area is 144 Å². The maximum atomic E-state index is 12.4. The van der Waals surface area contributed by atoms with E-state index in [1.165, 1.54) is 0 Å². The highest BCUT2D eigenvalue weighted by Gasteiger charge is 2.50. The monoisotopic (exact) mass is 371 g/mol. The maximum Gasteiger partial charge on any atom is 0.523 e. The molecule has 1 aliphatic rings. The molecular weight excluding hydrogens is 355 g/mol. The molecule has 2 aromatic rings. The van der Waals surface area contributed by atoms with Gasteiger partial charge >= 0.3 is 15.6 Å². The largest absolute Gasteiger partial charge is 0.523 e. The van der Waals surface area contributed by atoms with E-state index in [0.717, 1.165) is 11.1 Å². The van der Waals surface area contributed by atoms with Gasteiger partial charge < -0.3 is 0 Å². The fraction of sp³-hybridized carbons (Fsp3) is 0.294. The summed E-state index contributed by atoms with van der Waals surface area (Å²) in [5, 5.41) is 0. The molecule has 0 unspecified atom stereocenters. The molecule has 8 heteroatoms. The lowest BCUT2D eigenvalue weighted by Gasteiger charge is -2.43. The van der Waals surface area contributed by atoms with Gasteiger partial charge in [-0.1, -0.05) is 60.7 Å². The van der Waals surface area contributed by atoms with Crippen LogP contribution in [0.5, 0.6) is 0 Å². The molecule has 0 aromatic heterocycles. The van der Waals surface area contributed by atoms with Crippen LogP contribution in [0.2, 0.25) is 0 Å². The van der Waals surface area contributed by atoms with Crippen molar-refractivity contribution in [3.8, 4) is 0 Å². The number of benzene rings is 2. The molecule has 3 rings (SSSR count). The van der Waals surface area contributed by atoms with Crippen LogP contribution in [-0.4, -0.2) is 38.0 Å². The Balaban J connectivity index is 1.76. The summed E-state index contributed by atoms with van der Waals surface area (Å²) in [6.45, 7) is 0.202. The summed E-state index contributed by atoms with van der Waals surface area (Å²) < 4.78 is 63.7. The van der Waals surface area contributed by atoms with Gasteiger partial charge in [-0.15, -0.1) is 0 Å². The van der Waals surface area contributed by atoms with E-state index in [9.17, 15) is 21.6 Å². The third-order valence-corrected chi connectivity index (χ3v) is 5.11. The van der Waals surface area contributed by atoms with Crippen LogP contribution in [0, 0.1) is 0 Å². The zero-order valence-electron chi connectivity index (χ0n) is 13.1. The molecule has 4 nitrogen and oxygen atoms in total. The Bertz CT molecular complexity index is 765.